The van der Waals surface area contributed by atoms with E-state index >= 15 is 0 Å². The zero-order chi connectivity index (χ0) is 18.5. The molecular weight excluding hydrogens is 326 g/mol. The first kappa shape index (κ1) is 18.0. The number of hydrogen-bond donors (Lipinski definition) is 2. The van der Waals surface area contributed by atoms with E-state index in [0.29, 0.717) is 12.1 Å². The minimum atomic E-state index is -0.135. The van der Waals surface area contributed by atoms with E-state index in [1.165, 1.54) is 31.0 Å². The van der Waals surface area contributed by atoms with E-state index in [1.807, 2.05) is 24.3 Å². The van der Waals surface area contributed by atoms with E-state index in [2.05, 4.69) is 28.5 Å². The second-order valence-corrected chi connectivity index (χ2v) is 6.76. The summed E-state index contributed by atoms with van der Waals surface area (Å²) in [5.74, 6) is -0.205. The topological polar surface area (TPSA) is 61.4 Å². The van der Waals surface area contributed by atoms with E-state index in [4.69, 9.17) is 0 Å². The van der Waals surface area contributed by atoms with Crippen LogP contribution >= 0.6 is 0 Å². The highest BCUT2D eigenvalue weighted by Gasteiger charge is 2.15. The molecule has 2 amide bonds. The highest BCUT2D eigenvalue weighted by Crippen LogP contribution is 2.26. The van der Waals surface area contributed by atoms with Gasteiger partial charge in [-0.1, -0.05) is 12.1 Å². The van der Waals surface area contributed by atoms with Gasteiger partial charge in [0.2, 0.25) is 5.91 Å². The van der Waals surface area contributed by atoms with E-state index in [9.17, 15) is 9.59 Å². The molecule has 3 rings (SSSR count). The van der Waals surface area contributed by atoms with Crippen LogP contribution in [0.15, 0.2) is 42.5 Å². The summed E-state index contributed by atoms with van der Waals surface area (Å²) in [4.78, 5) is 25.8. The minimum absolute atomic E-state index is 0.0698. The largest absolute Gasteiger partial charge is 0.371 e. The molecule has 0 aliphatic carbocycles. The SMILES string of the molecule is CC(=O)NCc1ccc(C(=O)Nc2ccc(N3CCCC3)c(C)c2)cc1. The molecule has 5 heteroatoms. The Kier molecular flexibility index (Phi) is 5.56. The monoisotopic (exact) mass is 351 g/mol. The van der Waals surface area contributed by atoms with Crippen LogP contribution < -0.4 is 15.5 Å². The van der Waals surface area contributed by atoms with Crippen molar-refractivity contribution in [3.8, 4) is 0 Å². The lowest BCUT2D eigenvalue weighted by Gasteiger charge is -2.20. The number of amides is 2. The lowest BCUT2D eigenvalue weighted by atomic mass is 10.1. The van der Waals surface area contributed by atoms with Crippen LogP contribution in [0, 0.1) is 6.92 Å². The first-order valence-corrected chi connectivity index (χ1v) is 9.03. The van der Waals surface area contributed by atoms with Crippen molar-refractivity contribution in [2.45, 2.75) is 33.2 Å². The molecule has 2 aromatic rings. The van der Waals surface area contributed by atoms with E-state index in [0.717, 1.165) is 24.3 Å². The van der Waals surface area contributed by atoms with Gasteiger partial charge >= 0.3 is 0 Å². The van der Waals surface area contributed by atoms with Crippen LogP contribution in [0.3, 0.4) is 0 Å². The summed E-state index contributed by atoms with van der Waals surface area (Å²) >= 11 is 0. The van der Waals surface area contributed by atoms with Crippen LogP contribution in [0.4, 0.5) is 11.4 Å². The fraction of sp³-hybridized carbons (Fsp3) is 0.333. The predicted molar refractivity (Wildman–Crippen MR) is 105 cm³/mol. The van der Waals surface area contributed by atoms with Gasteiger partial charge in [0, 0.05) is 43.5 Å². The summed E-state index contributed by atoms with van der Waals surface area (Å²) in [7, 11) is 0. The summed E-state index contributed by atoms with van der Waals surface area (Å²) < 4.78 is 0. The molecule has 2 N–H and O–H groups in total. The molecule has 0 radical (unpaired) electrons. The van der Waals surface area contributed by atoms with Crippen LogP contribution in [-0.2, 0) is 11.3 Å². The zero-order valence-corrected chi connectivity index (χ0v) is 15.3. The number of hydrogen-bond acceptors (Lipinski definition) is 3. The highest BCUT2D eigenvalue weighted by molar-refractivity contribution is 6.04. The first-order chi connectivity index (χ1) is 12.5. The van der Waals surface area contributed by atoms with Gasteiger partial charge in [-0.2, -0.15) is 0 Å². The Balaban J connectivity index is 1.64. The highest BCUT2D eigenvalue weighted by atomic mass is 16.2. The molecule has 1 heterocycles. The van der Waals surface area contributed by atoms with Crippen molar-refractivity contribution in [1.82, 2.24) is 5.32 Å². The summed E-state index contributed by atoms with van der Waals surface area (Å²) in [6.07, 6.45) is 2.49. The summed E-state index contributed by atoms with van der Waals surface area (Å²) in [5.41, 5.74) is 4.79. The Morgan fingerprint density at radius 3 is 2.35 bits per heavy atom. The van der Waals surface area contributed by atoms with Gasteiger partial charge in [0.1, 0.15) is 0 Å². The molecule has 0 spiro atoms. The third-order valence-electron chi connectivity index (χ3n) is 4.66. The number of rotatable bonds is 5. The van der Waals surface area contributed by atoms with Gasteiger partial charge in [-0.3, -0.25) is 9.59 Å². The van der Waals surface area contributed by atoms with Crippen molar-refractivity contribution in [3.63, 3.8) is 0 Å². The number of nitrogens with one attached hydrogen (secondary N) is 2. The molecule has 2 aromatic carbocycles. The molecule has 0 bridgehead atoms. The molecule has 136 valence electrons. The van der Waals surface area contributed by atoms with Crippen molar-refractivity contribution in [2.24, 2.45) is 0 Å². The van der Waals surface area contributed by atoms with Crippen molar-refractivity contribution in [2.75, 3.05) is 23.3 Å². The maximum absolute atomic E-state index is 12.5. The van der Waals surface area contributed by atoms with Crippen molar-refractivity contribution < 1.29 is 9.59 Å². The van der Waals surface area contributed by atoms with E-state index in [-0.39, 0.29) is 11.8 Å². The Bertz CT molecular complexity index is 793. The summed E-state index contributed by atoms with van der Waals surface area (Å²) in [6.45, 7) is 6.25. The van der Waals surface area contributed by atoms with Gasteiger partial charge in [0.15, 0.2) is 0 Å². The van der Waals surface area contributed by atoms with Crippen LogP contribution in [0.5, 0.6) is 0 Å². The number of benzene rings is 2. The molecule has 0 atom stereocenters. The van der Waals surface area contributed by atoms with E-state index in [1.54, 1.807) is 12.1 Å². The summed E-state index contributed by atoms with van der Waals surface area (Å²) in [6, 6.07) is 13.3. The molecule has 26 heavy (non-hydrogen) atoms. The normalized spacial score (nSPS) is 13.5. The van der Waals surface area contributed by atoms with Crippen LogP contribution in [-0.4, -0.2) is 24.9 Å². The van der Waals surface area contributed by atoms with Gasteiger partial charge in [-0.05, 0) is 61.2 Å². The number of carbonyl (C=O) groups is 2. The average molecular weight is 351 g/mol. The third-order valence-corrected chi connectivity index (χ3v) is 4.66. The second kappa shape index (κ2) is 8.04. The standard InChI is InChI=1S/C21H25N3O2/c1-15-13-19(9-10-20(15)24-11-3-4-12-24)23-21(26)18-7-5-17(6-8-18)14-22-16(2)25/h5-10,13H,3-4,11-12,14H2,1-2H3,(H,22,25)(H,23,26). The molecule has 1 aliphatic rings. The molecule has 1 aliphatic heterocycles. The predicted octanol–water partition coefficient (Wildman–Crippen LogP) is 3.48. The Labute approximate surface area is 154 Å². The Hall–Kier alpha value is -2.82. The molecular formula is C21H25N3O2. The average Bonchev–Trinajstić information content (AvgIpc) is 3.15. The number of anilines is 2. The molecule has 0 unspecified atom stereocenters. The van der Waals surface area contributed by atoms with Crippen molar-refractivity contribution in [1.29, 1.82) is 0 Å². The molecule has 5 nitrogen and oxygen atoms in total. The van der Waals surface area contributed by atoms with Crippen molar-refractivity contribution in [3.05, 3.63) is 59.2 Å². The van der Waals surface area contributed by atoms with Crippen LogP contribution in [0.25, 0.3) is 0 Å². The van der Waals surface area contributed by atoms with Gasteiger partial charge < -0.3 is 15.5 Å². The van der Waals surface area contributed by atoms with E-state index < -0.39 is 0 Å². The fourth-order valence-corrected chi connectivity index (χ4v) is 3.25. The molecule has 0 saturated carbocycles. The number of nitrogens with zero attached hydrogens (tertiary/aromatic N) is 1. The first-order valence-electron chi connectivity index (χ1n) is 9.03. The van der Waals surface area contributed by atoms with Crippen LogP contribution in [0.1, 0.15) is 41.3 Å². The maximum atomic E-state index is 12.5. The van der Waals surface area contributed by atoms with Gasteiger partial charge in [0.05, 0.1) is 0 Å². The Morgan fingerprint density at radius 2 is 1.73 bits per heavy atom. The lowest BCUT2D eigenvalue weighted by Crippen LogP contribution is -2.19. The zero-order valence-electron chi connectivity index (χ0n) is 15.3. The second-order valence-electron chi connectivity index (χ2n) is 6.76. The number of carbonyl (C=O) groups excluding carboxylic acids is 2. The molecule has 1 saturated heterocycles. The minimum Gasteiger partial charge on any atom is -0.371 e. The van der Waals surface area contributed by atoms with Gasteiger partial charge in [-0.15, -0.1) is 0 Å². The molecule has 1 fully saturated rings. The lowest BCUT2D eigenvalue weighted by molar-refractivity contribution is -0.119. The quantitative estimate of drug-likeness (QED) is 0.867. The van der Waals surface area contributed by atoms with Crippen molar-refractivity contribution >= 4 is 23.2 Å². The van der Waals surface area contributed by atoms with Gasteiger partial charge in [-0.25, -0.2) is 0 Å². The summed E-state index contributed by atoms with van der Waals surface area (Å²) in [5, 5.41) is 5.70. The number of aryl methyl sites for hydroxylation is 1. The maximum Gasteiger partial charge on any atom is 0.255 e. The third kappa shape index (κ3) is 4.42. The van der Waals surface area contributed by atoms with Crippen LogP contribution in [0.2, 0.25) is 0 Å². The molecule has 0 aromatic heterocycles. The van der Waals surface area contributed by atoms with Gasteiger partial charge in [0.25, 0.3) is 5.91 Å². The smallest absolute Gasteiger partial charge is 0.255 e. The fourth-order valence-electron chi connectivity index (χ4n) is 3.25. The Morgan fingerprint density at radius 1 is 1.04 bits per heavy atom.